The number of ether oxygens (including phenoxy) is 1. The van der Waals surface area contributed by atoms with E-state index in [2.05, 4.69) is 10.3 Å². The monoisotopic (exact) mass is 298 g/mol. The molecule has 1 aromatic rings. The molecule has 0 saturated carbocycles. The molecule has 0 atom stereocenters. The molecule has 0 unspecified atom stereocenters. The summed E-state index contributed by atoms with van der Waals surface area (Å²) < 4.78 is 4.96. The highest BCUT2D eigenvalue weighted by atomic mass is 35.5. The Bertz CT molecular complexity index is 513. The van der Waals surface area contributed by atoms with Gasteiger partial charge in [-0.05, 0) is 46.2 Å². The van der Waals surface area contributed by atoms with Gasteiger partial charge in [0.2, 0.25) is 0 Å². The summed E-state index contributed by atoms with van der Waals surface area (Å²) >= 11 is 5.94. The first-order valence-corrected chi connectivity index (χ1v) is 6.60. The van der Waals surface area contributed by atoms with Crippen LogP contribution in [0, 0.1) is 13.8 Å². The predicted molar refractivity (Wildman–Crippen MR) is 76.9 cm³/mol. The van der Waals surface area contributed by atoms with Crippen molar-refractivity contribution in [3.8, 4) is 0 Å². The van der Waals surface area contributed by atoms with Gasteiger partial charge in [-0.2, -0.15) is 0 Å². The molecular weight excluding hydrogens is 280 g/mol. The molecule has 0 aliphatic rings. The van der Waals surface area contributed by atoms with Crippen molar-refractivity contribution in [2.45, 2.75) is 40.2 Å². The van der Waals surface area contributed by atoms with Crippen LogP contribution in [0.4, 0.5) is 0 Å². The first-order valence-electron chi connectivity index (χ1n) is 6.22. The quantitative estimate of drug-likeness (QED) is 0.687. The molecular formula is C14H19ClN2O3. The first-order chi connectivity index (χ1) is 9.10. The number of aryl methyl sites for hydroxylation is 2. The van der Waals surface area contributed by atoms with Crippen molar-refractivity contribution in [1.82, 2.24) is 10.3 Å². The highest BCUT2D eigenvalue weighted by Crippen LogP contribution is 2.19. The Kier molecular flexibility index (Phi) is 5.11. The van der Waals surface area contributed by atoms with Gasteiger partial charge in [0, 0.05) is 11.2 Å². The summed E-state index contributed by atoms with van der Waals surface area (Å²) in [5.41, 5.74) is 1.21. The van der Waals surface area contributed by atoms with E-state index in [0.29, 0.717) is 5.56 Å². The van der Waals surface area contributed by atoms with Crippen molar-refractivity contribution in [2.24, 2.45) is 0 Å². The van der Waals surface area contributed by atoms with E-state index in [1.807, 2.05) is 20.8 Å². The van der Waals surface area contributed by atoms with Crippen molar-refractivity contribution < 1.29 is 14.3 Å². The third-order valence-electron chi connectivity index (χ3n) is 2.35. The van der Waals surface area contributed by atoms with E-state index in [0.717, 1.165) is 5.69 Å². The van der Waals surface area contributed by atoms with Crippen LogP contribution in [0.5, 0.6) is 0 Å². The number of carbonyl (C=O) groups is 2. The van der Waals surface area contributed by atoms with E-state index in [9.17, 15) is 9.59 Å². The molecule has 0 radical (unpaired) electrons. The maximum atomic E-state index is 11.9. The molecule has 1 aromatic heterocycles. The zero-order valence-electron chi connectivity index (χ0n) is 12.3. The van der Waals surface area contributed by atoms with Crippen molar-refractivity contribution in [2.75, 3.05) is 6.61 Å². The predicted octanol–water partition coefficient (Wildman–Crippen LogP) is 2.42. The maximum absolute atomic E-state index is 11.9. The average molecular weight is 299 g/mol. The van der Waals surface area contributed by atoms with Gasteiger partial charge < -0.3 is 10.1 Å². The Balaban J connectivity index is 2.71. The number of amides is 1. The number of carbonyl (C=O) groups excluding carboxylic acids is 2. The van der Waals surface area contributed by atoms with Gasteiger partial charge in [0.25, 0.3) is 5.91 Å². The second-order valence-corrected chi connectivity index (χ2v) is 5.98. The topological polar surface area (TPSA) is 68.3 Å². The molecule has 110 valence electrons. The smallest absolute Gasteiger partial charge is 0.342 e. The lowest BCUT2D eigenvalue weighted by Gasteiger charge is -2.20. The third-order valence-corrected chi connectivity index (χ3v) is 2.63. The number of halogens is 1. The van der Waals surface area contributed by atoms with E-state index >= 15 is 0 Å². The molecule has 0 aromatic carbocycles. The van der Waals surface area contributed by atoms with Crippen LogP contribution >= 0.6 is 11.6 Å². The molecule has 1 amide bonds. The lowest BCUT2D eigenvalue weighted by Crippen LogP contribution is -2.42. The molecule has 6 heteroatoms. The van der Waals surface area contributed by atoms with E-state index in [1.165, 1.54) is 0 Å². The molecule has 0 aliphatic heterocycles. The van der Waals surface area contributed by atoms with Gasteiger partial charge in [0.15, 0.2) is 6.61 Å². The fourth-order valence-electron chi connectivity index (χ4n) is 1.69. The minimum absolute atomic E-state index is 0.0868. The molecule has 0 spiro atoms. The SMILES string of the molecule is Cc1cc(C)c(C(=O)OCC(=O)NC(C)(C)C)c(Cl)n1. The number of nitrogens with one attached hydrogen (secondary N) is 1. The Morgan fingerprint density at radius 1 is 1.35 bits per heavy atom. The second kappa shape index (κ2) is 6.22. The van der Waals surface area contributed by atoms with Crippen LogP contribution in [-0.2, 0) is 9.53 Å². The van der Waals surface area contributed by atoms with Gasteiger partial charge >= 0.3 is 5.97 Å². The average Bonchev–Trinajstić information content (AvgIpc) is 2.22. The van der Waals surface area contributed by atoms with Crippen molar-refractivity contribution in [3.63, 3.8) is 0 Å². The number of aromatic nitrogens is 1. The molecule has 20 heavy (non-hydrogen) atoms. The van der Waals surface area contributed by atoms with Gasteiger partial charge in [0.05, 0.1) is 5.56 Å². The number of esters is 1. The summed E-state index contributed by atoms with van der Waals surface area (Å²) in [7, 11) is 0. The van der Waals surface area contributed by atoms with E-state index < -0.39 is 5.97 Å². The Morgan fingerprint density at radius 3 is 2.45 bits per heavy atom. The number of hydrogen-bond acceptors (Lipinski definition) is 4. The maximum Gasteiger partial charge on any atom is 0.342 e. The summed E-state index contributed by atoms with van der Waals surface area (Å²) in [5, 5.41) is 2.79. The molecule has 0 fully saturated rings. The first kappa shape index (κ1) is 16.4. The van der Waals surface area contributed by atoms with Crippen LogP contribution in [0.2, 0.25) is 5.15 Å². The Hall–Kier alpha value is -1.62. The minimum Gasteiger partial charge on any atom is -0.452 e. The Labute approximate surface area is 123 Å². The van der Waals surface area contributed by atoms with Crippen LogP contribution in [0.15, 0.2) is 6.07 Å². The number of hydrogen-bond donors (Lipinski definition) is 1. The normalized spacial score (nSPS) is 11.1. The largest absolute Gasteiger partial charge is 0.452 e. The number of nitrogens with zero attached hydrogens (tertiary/aromatic N) is 1. The zero-order chi connectivity index (χ0) is 15.5. The third kappa shape index (κ3) is 4.81. The zero-order valence-corrected chi connectivity index (χ0v) is 13.1. The highest BCUT2D eigenvalue weighted by Gasteiger charge is 2.19. The summed E-state index contributed by atoms with van der Waals surface area (Å²) in [6.45, 7) is 8.71. The van der Waals surface area contributed by atoms with Crippen LogP contribution in [0.25, 0.3) is 0 Å². The van der Waals surface area contributed by atoms with E-state index in [4.69, 9.17) is 16.3 Å². The second-order valence-electron chi connectivity index (χ2n) is 5.62. The van der Waals surface area contributed by atoms with E-state index in [1.54, 1.807) is 19.9 Å². The van der Waals surface area contributed by atoms with Gasteiger partial charge in [-0.25, -0.2) is 9.78 Å². The number of rotatable bonds is 3. The van der Waals surface area contributed by atoms with Gasteiger partial charge in [-0.3, -0.25) is 4.79 Å². The summed E-state index contributed by atoms with van der Waals surface area (Å²) in [6, 6.07) is 1.73. The Morgan fingerprint density at radius 2 is 1.95 bits per heavy atom. The molecule has 5 nitrogen and oxygen atoms in total. The lowest BCUT2D eigenvalue weighted by atomic mass is 10.1. The fraction of sp³-hybridized carbons (Fsp3) is 0.500. The van der Waals surface area contributed by atoms with E-state index in [-0.39, 0.29) is 28.8 Å². The fourth-order valence-corrected chi connectivity index (χ4v) is 2.05. The summed E-state index contributed by atoms with van der Waals surface area (Å²) in [5.74, 6) is -1.01. The summed E-state index contributed by atoms with van der Waals surface area (Å²) in [4.78, 5) is 27.5. The lowest BCUT2D eigenvalue weighted by molar-refractivity contribution is -0.125. The van der Waals surface area contributed by atoms with Gasteiger partial charge in [0.1, 0.15) is 5.15 Å². The molecule has 0 bridgehead atoms. The van der Waals surface area contributed by atoms with Crippen LogP contribution in [0.3, 0.4) is 0 Å². The molecule has 1 heterocycles. The molecule has 0 aliphatic carbocycles. The van der Waals surface area contributed by atoms with Crippen LogP contribution in [-0.4, -0.2) is 29.0 Å². The van der Waals surface area contributed by atoms with Gasteiger partial charge in [-0.15, -0.1) is 0 Å². The highest BCUT2D eigenvalue weighted by molar-refractivity contribution is 6.32. The minimum atomic E-state index is -0.649. The van der Waals surface area contributed by atoms with Crippen molar-refractivity contribution >= 4 is 23.5 Å². The number of pyridine rings is 1. The van der Waals surface area contributed by atoms with Crippen LogP contribution < -0.4 is 5.32 Å². The van der Waals surface area contributed by atoms with Crippen molar-refractivity contribution in [3.05, 3.63) is 28.0 Å². The van der Waals surface area contributed by atoms with Crippen LogP contribution in [0.1, 0.15) is 42.4 Å². The van der Waals surface area contributed by atoms with Crippen molar-refractivity contribution in [1.29, 1.82) is 0 Å². The molecule has 0 saturated heterocycles. The molecule has 1 rings (SSSR count). The molecule has 1 N–H and O–H groups in total. The summed E-state index contributed by atoms with van der Waals surface area (Å²) in [6.07, 6.45) is 0. The standard InChI is InChI=1S/C14H19ClN2O3/c1-8-6-9(2)16-12(15)11(8)13(19)20-7-10(18)17-14(3,4)5/h6H,7H2,1-5H3,(H,17,18). The van der Waals surface area contributed by atoms with Gasteiger partial charge in [-0.1, -0.05) is 11.6 Å².